The fraction of sp³-hybridized carbons (Fsp3) is 0.533. The zero-order valence-corrected chi connectivity index (χ0v) is 11.6. The number of hydrogen-bond donors (Lipinski definition) is 1. The van der Waals surface area contributed by atoms with Crippen LogP contribution < -0.4 is 0 Å². The van der Waals surface area contributed by atoms with Gasteiger partial charge in [0, 0.05) is 6.04 Å². The van der Waals surface area contributed by atoms with Gasteiger partial charge in [-0.15, -0.1) is 0 Å². The van der Waals surface area contributed by atoms with Gasteiger partial charge in [-0.25, -0.2) is 0 Å². The lowest BCUT2D eigenvalue weighted by Gasteiger charge is -2.35. The second-order valence-electron chi connectivity index (χ2n) is 5.30. The summed E-state index contributed by atoms with van der Waals surface area (Å²) >= 11 is 0. The average molecular weight is 301 g/mol. The number of aliphatic carboxylic acids is 1. The number of likely N-dealkylation sites (tertiary alicyclic amines) is 1. The largest absolute Gasteiger partial charge is 0.481 e. The molecule has 1 aliphatic heterocycles. The lowest BCUT2D eigenvalue weighted by molar-refractivity contribution is -0.142. The van der Waals surface area contributed by atoms with Crippen molar-refractivity contribution in [2.24, 2.45) is 0 Å². The Morgan fingerprint density at radius 3 is 2.38 bits per heavy atom. The summed E-state index contributed by atoms with van der Waals surface area (Å²) in [5.74, 6) is -1.08. The van der Waals surface area contributed by atoms with Crippen molar-refractivity contribution in [2.45, 2.75) is 37.9 Å². The number of benzene rings is 1. The molecule has 2 rings (SSSR count). The van der Waals surface area contributed by atoms with Crippen molar-refractivity contribution >= 4 is 5.97 Å². The van der Waals surface area contributed by atoms with Crippen LogP contribution in [0.1, 0.15) is 42.9 Å². The van der Waals surface area contributed by atoms with Gasteiger partial charge in [0.25, 0.3) is 0 Å². The molecule has 116 valence electrons. The molecule has 0 spiro atoms. The van der Waals surface area contributed by atoms with Crippen LogP contribution >= 0.6 is 0 Å². The zero-order valence-electron chi connectivity index (χ0n) is 11.6. The molecule has 0 amide bonds. The van der Waals surface area contributed by atoms with E-state index in [0.717, 1.165) is 25.3 Å². The molecule has 1 saturated heterocycles. The van der Waals surface area contributed by atoms with Gasteiger partial charge >= 0.3 is 12.1 Å². The molecule has 1 aliphatic rings. The number of nitrogens with zero attached hydrogens (tertiary/aromatic N) is 1. The van der Waals surface area contributed by atoms with E-state index in [9.17, 15) is 18.0 Å². The standard InChI is InChI=1S/C15H18F3NO2/c16-15(17,18)12-7-3-2-6-11(12)13(10-14(20)21)19-8-4-1-5-9-19/h2-3,6-7,13H,1,4-5,8-10H2,(H,20,21). The maximum Gasteiger partial charge on any atom is 0.416 e. The Morgan fingerprint density at radius 1 is 1.19 bits per heavy atom. The van der Waals surface area contributed by atoms with Crippen LogP contribution in [0, 0.1) is 0 Å². The van der Waals surface area contributed by atoms with Crippen LogP contribution in [0.4, 0.5) is 13.2 Å². The van der Waals surface area contributed by atoms with Crippen molar-refractivity contribution < 1.29 is 23.1 Å². The minimum absolute atomic E-state index is 0.0642. The Balaban J connectivity index is 2.38. The number of halogens is 3. The first-order valence-electron chi connectivity index (χ1n) is 7.01. The average Bonchev–Trinajstić information content (AvgIpc) is 2.44. The van der Waals surface area contributed by atoms with Gasteiger partial charge < -0.3 is 5.11 Å². The Kier molecular flexibility index (Phi) is 4.88. The Labute approximate surface area is 121 Å². The predicted octanol–water partition coefficient (Wildman–Crippen LogP) is 3.71. The molecule has 0 radical (unpaired) electrons. The highest BCUT2D eigenvalue weighted by Crippen LogP contribution is 2.38. The second-order valence-corrected chi connectivity index (χ2v) is 5.30. The van der Waals surface area contributed by atoms with Crippen LogP contribution in [0.15, 0.2) is 24.3 Å². The third-order valence-corrected chi connectivity index (χ3v) is 3.82. The Bertz CT molecular complexity index is 496. The van der Waals surface area contributed by atoms with Gasteiger partial charge in [0.2, 0.25) is 0 Å². The quantitative estimate of drug-likeness (QED) is 0.921. The van der Waals surface area contributed by atoms with Crippen molar-refractivity contribution in [3.63, 3.8) is 0 Å². The molecular formula is C15H18F3NO2. The predicted molar refractivity (Wildman–Crippen MR) is 71.9 cm³/mol. The molecular weight excluding hydrogens is 283 g/mol. The van der Waals surface area contributed by atoms with E-state index in [1.54, 1.807) is 0 Å². The van der Waals surface area contributed by atoms with Crippen molar-refractivity contribution in [2.75, 3.05) is 13.1 Å². The zero-order chi connectivity index (χ0) is 15.5. The lowest BCUT2D eigenvalue weighted by atomic mass is 9.94. The fourth-order valence-corrected chi connectivity index (χ4v) is 2.88. The molecule has 1 fully saturated rings. The van der Waals surface area contributed by atoms with Gasteiger partial charge in [-0.05, 0) is 37.6 Å². The summed E-state index contributed by atoms with van der Waals surface area (Å²) in [7, 11) is 0. The van der Waals surface area contributed by atoms with Gasteiger partial charge in [-0.1, -0.05) is 24.6 Å². The highest BCUT2D eigenvalue weighted by molar-refractivity contribution is 5.68. The number of carbonyl (C=O) groups is 1. The Hall–Kier alpha value is -1.56. The smallest absolute Gasteiger partial charge is 0.416 e. The van der Waals surface area contributed by atoms with E-state index in [1.807, 2.05) is 4.90 Å². The van der Waals surface area contributed by atoms with E-state index in [2.05, 4.69) is 0 Å². The summed E-state index contributed by atoms with van der Waals surface area (Å²) in [6, 6.07) is 4.56. The molecule has 21 heavy (non-hydrogen) atoms. The van der Waals surface area contributed by atoms with Crippen LogP contribution in [-0.2, 0) is 11.0 Å². The molecule has 1 unspecified atom stereocenters. The molecule has 0 saturated carbocycles. The van der Waals surface area contributed by atoms with Crippen LogP contribution in [0.2, 0.25) is 0 Å². The topological polar surface area (TPSA) is 40.5 Å². The molecule has 0 aliphatic carbocycles. The second kappa shape index (κ2) is 6.47. The molecule has 0 aromatic heterocycles. The van der Waals surface area contributed by atoms with Crippen molar-refractivity contribution in [3.05, 3.63) is 35.4 Å². The van der Waals surface area contributed by atoms with Gasteiger partial charge in [-0.3, -0.25) is 9.69 Å². The maximum absolute atomic E-state index is 13.1. The summed E-state index contributed by atoms with van der Waals surface area (Å²) in [5.41, 5.74) is -0.670. The molecule has 1 aromatic carbocycles. The first-order valence-corrected chi connectivity index (χ1v) is 7.01. The summed E-state index contributed by atoms with van der Waals surface area (Å²) in [6.07, 6.45) is -1.96. The highest BCUT2D eigenvalue weighted by atomic mass is 19.4. The SMILES string of the molecule is O=C(O)CC(c1ccccc1C(F)(F)F)N1CCCCC1. The summed E-state index contributed by atoms with van der Waals surface area (Å²) < 4.78 is 39.4. The van der Waals surface area contributed by atoms with E-state index >= 15 is 0 Å². The monoisotopic (exact) mass is 301 g/mol. The third kappa shape index (κ3) is 3.97. The minimum Gasteiger partial charge on any atom is -0.481 e. The maximum atomic E-state index is 13.1. The van der Waals surface area contributed by atoms with Gasteiger partial charge in [0.1, 0.15) is 0 Å². The molecule has 6 heteroatoms. The van der Waals surface area contributed by atoms with E-state index < -0.39 is 23.8 Å². The summed E-state index contributed by atoms with van der Waals surface area (Å²) in [5, 5.41) is 9.06. The third-order valence-electron chi connectivity index (χ3n) is 3.82. The molecule has 1 heterocycles. The van der Waals surface area contributed by atoms with Gasteiger partial charge in [0.15, 0.2) is 0 Å². The van der Waals surface area contributed by atoms with E-state index in [0.29, 0.717) is 13.1 Å². The molecule has 0 bridgehead atoms. The number of piperidine rings is 1. The highest BCUT2D eigenvalue weighted by Gasteiger charge is 2.37. The van der Waals surface area contributed by atoms with Crippen molar-refractivity contribution in [1.82, 2.24) is 4.90 Å². The number of hydrogen-bond acceptors (Lipinski definition) is 2. The van der Waals surface area contributed by atoms with Crippen molar-refractivity contribution in [3.8, 4) is 0 Å². The van der Waals surface area contributed by atoms with E-state index in [1.165, 1.54) is 18.2 Å². The Morgan fingerprint density at radius 2 is 1.81 bits per heavy atom. The lowest BCUT2D eigenvalue weighted by Crippen LogP contribution is -2.36. The fourth-order valence-electron chi connectivity index (χ4n) is 2.88. The van der Waals surface area contributed by atoms with Crippen LogP contribution in [-0.4, -0.2) is 29.1 Å². The van der Waals surface area contributed by atoms with Crippen LogP contribution in [0.5, 0.6) is 0 Å². The first-order chi connectivity index (χ1) is 9.89. The van der Waals surface area contributed by atoms with Gasteiger partial charge in [0.05, 0.1) is 12.0 Å². The summed E-state index contributed by atoms with van der Waals surface area (Å²) in [4.78, 5) is 12.9. The summed E-state index contributed by atoms with van der Waals surface area (Å²) in [6.45, 7) is 1.29. The van der Waals surface area contributed by atoms with Crippen LogP contribution in [0.25, 0.3) is 0 Å². The minimum atomic E-state index is -4.47. The van der Waals surface area contributed by atoms with Crippen molar-refractivity contribution in [1.29, 1.82) is 0 Å². The normalized spacial score (nSPS) is 18.4. The molecule has 1 N–H and O–H groups in total. The number of rotatable bonds is 4. The molecule has 3 nitrogen and oxygen atoms in total. The number of alkyl halides is 3. The van der Waals surface area contributed by atoms with Gasteiger partial charge in [-0.2, -0.15) is 13.2 Å². The first kappa shape index (κ1) is 15.8. The number of carboxylic acids is 1. The van der Waals surface area contributed by atoms with E-state index in [4.69, 9.17) is 5.11 Å². The molecule has 1 atom stereocenters. The molecule has 1 aromatic rings. The number of carboxylic acid groups (broad SMARTS) is 1. The van der Waals surface area contributed by atoms with E-state index in [-0.39, 0.29) is 12.0 Å². The van der Waals surface area contributed by atoms with Crippen LogP contribution in [0.3, 0.4) is 0 Å².